The molecule has 1 atom stereocenters. The van der Waals surface area contributed by atoms with Gasteiger partial charge in [-0.15, -0.1) is 0 Å². The Hall–Kier alpha value is -3.76. The summed E-state index contributed by atoms with van der Waals surface area (Å²) in [5.41, 5.74) is 0.415. The van der Waals surface area contributed by atoms with Crippen LogP contribution in [0.2, 0.25) is 0 Å². The molecule has 0 aliphatic carbocycles. The maximum absolute atomic E-state index is 12.7. The average molecular weight is 451 g/mol. The lowest BCUT2D eigenvalue weighted by molar-refractivity contribution is -0.384. The number of non-ortho nitro benzene ring substituents is 1. The summed E-state index contributed by atoms with van der Waals surface area (Å²) in [7, 11) is 1.52. The molecule has 0 spiro atoms. The molecule has 0 aliphatic heterocycles. The zero-order valence-corrected chi connectivity index (χ0v) is 17.7. The van der Waals surface area contributed by atoms with Gasteiger partial charge >= 0.3 is 6.61 Å². The zero-order chi connectivity index (χ0) is 23.8. The molecule has 1 unspecified atom stereocenters. The van der Waals surface area contributed by atoms with Crippen LogP contribution < -0.4 is 14.8 Å². The van der Waals surface area contributed by atoms with E-state index < -0.39 is 29.4 Å². The summed E-state index contributed by atoms with van der Waals surface area (Å²) in [5, 5.41) is 13.4. The quantitative estimate of drug-likeness (QED) is 0.438. The van der Waals surface area contributed by atoms with Crippen LogP contribution in [0.3, 0.4) is 0 Å². The monoisotopic (exact) mass is 451 g/mol. The Bertz CT molecular complexity index is 986. The third-order valence-electron chi connectivity index (χ3n) is 4.36. The first-order chi connectivity index (χ1) is 15.1. The number of hydrogen-bond acceptors (Lipinski definition) is 6. The van der Waals surface area contributed by atoms with Gasteiger partial charge in [0.05, 0.1) is 11.5 Å². The number of carbonyl (C=O) groups excluding carboxylic acids is 2. The molecule has 0 saturated heterocycles. The van der Waals surface area contributed by atoms with Crippen LogP contribution in [-0.2, 0) is 11.3 Å². The van der Waals surface area contributed by atoms with Crippen LogP contribution in [0.5, 0.6) is 11.5 Å². The van der Waals surface area contributed by atoms with Crippen LogP contribution in [0.25, 0.3) is 0 Å². The number of ether oxygens (including phenoxy) is 2. The smallest absolute Gasteiger partial charge is 0.387 e. The topological polar surface area (TPSA) is 111 Å². The number of nitrogens with one attached hydrogen (secondary N) is 1. The van der Waals surface area contributed by atoms with Gasteiger partial charge in [-0.05, 0) is 37.6 Å². The molecule has 9 nitrogen and oxygen atoms in total. The Labute approximate surface area is 183 Å². The Morgan fingerprint density at radius 1 is 1.19 bits per heavy atom. The molecule has 2 amide bonds. The molecule has 0 aromatic heterocycles. The van der Waals surface area contributed by atoms with E-state index in [9.17, 15) is 28.5 Å². The molecule has 0 bridgehead atoms. The van der Waals surface area contributed by atoms with E-state index in [0.717, 1.165) is 6.07 Å². The second kappa shape index (κ2) is 11.0. The van der Waals surface area contributed by atoms with Crippen molar-refractivity contribution in [1.82, 2.24) is 10.2 Å². The minimum Gasteiger partial charge on any atom is -0.490 e. The van der Waals surface area contributed by atoms with E-state index in [4.69, 9.17) is 4.74 Å². The summed E-state index contributed by atoms with van der Waals surface area (Å²) in [6.45, 7) is 0.530. The van der Waals surface area contributed by atoms with Crippen molar-refractivity contribution in [2.75, 3.05) is 13.7 Å². The summed E-state index contributed by atoms with van der Waals surface area (Å²) < 4.78 is 34.8. The van der Waals surface area contributed by atoms with Crippen LogP contribution in [0, 0.1) is 10.1 Å². The molecular formula is C21H23F2N3O6. The highest BCUT2D eigenvalue weighted by atomic mass is 19.3. The number of nitro groups is 1. The predicted molar refractivity (Wildman–Crippen MR) is 111 cm³/mol. The highest BCUT2D eigenvalue weighted by molar-refractivity contribution is 5.97. The van der Waals surface area contributed by atoms with E-state index in [1.165, 1.54) is 55.3 Å². The first kappa shape index (κ1) is 24.5. The standard InChI is InChI=1S/C21H23F2N3O6/c1-4-31-18-10-14(8-9-17(18)32-21(22)23)12-25(3)20(28)13(2)24-19(27)15-6-5-7-16(11-15)26(29)30/h5-11,13,21H,4,12H2,1-3H3,(H,24,27). The van der Waals surface area contributed by atoms with E-state index >= 15 is 0 Å². The van der Waals surface area contributed by atoms with Crippen molar-refractivity contribution in [3.63, 3.8) is 0 Å². The molecule has 2 rings (SSSR count). The lowest BCUT2D eigenvalue weighted by atomic mass is 10.1. The molecule has 0 aliphatic rings. The molecule has 11 heteroatoms. The van der Waals surface area contributed by atoms with E-state index in [1.54, 1.807) is 6.92 Å². The first-order valence-corrected chi connectivity index (χ1v) is 9.63. The summed E-state index contributed by atoms with van der Waals surface area (Å²) in [4.78, 5) is 36.6. The van der Waals surface area contributed by atoms with E-state index in [0.29, 0.717) is 5.56 Å². The van der Waals surface area contributed by atoms with Gasteiger partial charge in [0.1, 0.15) is 6.04 Å². The van der Waals surface area contributed by atoms with Crippen molar-refractivity contribution in [2.24, 2.45) is 0 Å². The van der Waals surface area contributed by atoms with Gasteiger partial charge in [0.2, 0.25) is 5.91 Å². The molecule has 0 saturated carbocycles. The Balaban J connectivity index is 2.05. The van der Waals surface area contributed by atoms with Gasteiger partial charge in [0.15, 0.2) is 11.5 Å². The molecule has 0 heterocycles. The highest BCUT2D eigenvalue weighted by Crippen LogP contribution is 2.30. The van der Waals surface area contributed by atoms with Gasteiger partial charge in [-0.3, -0.25) is 19.7 Å². The molecule has 2 aromatic rings. The third-order valence-corrected chi connectivity index (χ3v) is 4.36. The summed E-state index contributed by atoms with van der Waals surface area (Å²) in [5.74, 6) is -1.04. The van der Waals surface area contributed by atoms with Crippen molar-refractivity contribution in [1.29, 1.82) is 0 Å². The number of nitrogens with zero attached hydrogens (tertiary/aromatic N) is 2. The summed E-state index contributed by atoms with van der Waals surface area (Å²) >= 11 is 0. The van der Waals surface area contributed by atoms with Crippen molar-refractivity contribution in [2.45, 2.75) is 33.0 Å². The Morgan fingerprint density at radius 2 is 1.91 bits per heavy atom. The largest absolute Gasteiger partial charge is 0.490 e. The van der Waals surface area contributed by atoms with Gasteiger partial charge in [-0.25, -0.2) is 0 Å². The number of rotatable bonds is 10. The number of likely N-dealkylation sites (N-methyl/N-ethyl adjacent to an activating group) is 1. The fraction of sp³-hybridized carbons (Fsp3) is 0.333. The molecule has 2 aromatic carbocycles. The number of amides is 2. The van der Waals surface area contributed by atoms with Crippen molar-refractivity contribution >= 4 is 17.5 Å². The minimum atomic E-state index is -3.00. The van der Waals surface area contributed by atoms with Crippen molar-refractivity contribution < 1.29 is 32.8 Å². The summed E-state index contributed by atoms with van der Waals surface area (Å²) in [6, 6.07) is 8.60. The van der Waals surface area contributed by atoms with E-state index in [2.05, 4.69) is 10.1 Å². The number of benzene rings is 2. The average Bonchev–Trinajstić information content (AvgIpc) is 2.74. The maximum Gasteiger partial charge on any atom is 0.387 e. The van der Waals surface area contributed by atoms with Crippen molar-refractivity contribution in [3.8, 4) is 11.5 Å². The maximum atomic E-state index is 12.7. The van der Waals surface area contributed by atoms with Crippen LogP contribution in [0.1, 0.15) is 29.8 Å². The Morgan fingerprint density at radius 3 is 2.53 bits per heavy atom. The minimum absolute atomic E-state index is 0.0532. The fourth-order valence-electron chi connectivity index (χ4n) is 2.90. The fourth-order valence-corrected chi connectivity index (χ4v) is 2.90. The zero-order valence-electron chi connectivity index (χ0n) is 17.7. The Kier molecular flexibility index (Phi) is 8.45. The number of carbonyl (C=O) groups is 2. The van der Waals surface area contributed by atoms with Crippen LogP contribution in [-0.4, -0.2) is 47.9 Å². The van der Waals surface area contributed by atoms with Gasteiger partial charge in [0.25, 0.3) is 11.6 Å². The van der Waals surface area contributed by atoms with Crippen LogP contribution in [0.15, 0.2) is 42.5 Å². The molecule has 32 heavy (non-hydrogen) atoms. The summed E-state index contributed by atoms with van der Waals surface area (Å²) in [6.07, 6.45) is 0. The normalized spacial score (nSPS) is 11.6. The highest BCUT2D eigenvalue weighted by Gasteiger charge is 2.22. The number of nitro benzene ring substituents is 1. The number of halogens is 2. The van der Waals surface area contributed by atoms with Gasteiger partial charge in [-0.2, -0.15) is 8.78 Å². The van der Waals surface area contributed by atoms with Crippen molar-refractivity contribution in [3.05, 3.63) is 63.7 Å². The van der Waals surface area contributed by atoms with Gasteiger partial charge in [0, 0.05) is 31.3 Å². The van der Waals surface area contributed by atoms with Crippen LogP contribution in [0.4, 0.5) is 14.5 Å². The lowest BCUT2D eigenvalue weighted by Crippen LogP contribution is -2.45. The third kappa shape index (κ3) is 6.62. The van der Waals surface area contributed by atoms with E-state index in [1.807, 2.05) is 0 Å². The molecule has 0 radical (unpaired) electrons. The molecule has 1 N–H and O–H groups in total. The predicted octanol–water partition coefficient (Wildman–Crippen LogP) is 3.37. The second-order valence-corrected chi connectivity index (χ2v) is 6.79. The molecule has 172 valence electrons. The second-order valence-electron chi connectivity index (χ2n) is 6.79. The van der Waals surface area contributed by atoms with Gasteiger partial charge in [-0.1, -0.05) is 12.1 Å². The number of hydrogen-bond donors (Lipinski definition) is 1. The SMILES string of the molecule is CCOc1cc(CN(C)C(=O)C(C)NC(=O)c2cccc([N+](=O)[O-])c2)ccc1OC(F)F. The van der Waals surface area contributed by atoms with Gasteiger partial charge < -0.3 is 19.7 Å². The molecule has 0 fully saturated rings. The first-order valence-electron chi connectivity index (χ1n) is 9.63. The number of alkyl halides is 2. The lowest BCUT2D eigenvalue weighted by Gasteiger charge is -2.23. The van der Waals surface area contributed by atoms with Crippen LogP contribution >= 0.6 is 0 Å². The van der Waals surface area contributed by atoms with E-state index in [-0.39, 0.29) is 35.9 Å². The molecular weight excluding hydrogens is 428 g/mol.